The van der Waals surface area contributed by atoms with Crippen molar-refractivity contribution in [2.24, 2.45) is 0 Å². The number of halogens is 1. The number of carbonyl (C=O) groups excluding carboxylic acids is 1. The highest BCUT2D eigenvalue weighted by Gasteiger charge is 2.11. The van der Waals surface area contributed by atoms with Crippen LogP contribution < -0.4 is 4.74 Å². The van der Waals surface area contributed by atoms with Crippen LogP contribution in [0.25, 0.3) is 0 Å². The van der Waals surface area contributed by atoms with E-state index < -0.39 is 0 Å². The molecule has 1 aromatic heterocycles. The van der Waals surface area contributed by atoms with E-state index in [1.165, 1.54) is 16.7 Å². The van der Waals surface area contributed by atoms with Gasteiger partial charge < -0.3 is 9.64 Å². The number of rotatable bonds is 8. The molecule has 0 aliphatic rings. The summed E-state index contributed by atoms with van der Waals surface area (Å²) in [6, 6.07) is 7.43. The molecule has 0 atom stereocenters. The van der Waals surface area contributed by atoms with Crippen molar-refractivity contribution in [1.29, 1.82) is 5.26 Å². The van der Waals surface area contributed by atoms with Crippen LogP contribution >= 0.6 is 23.4 Å². The van der Waals surface area contributed by atoms with E-state index in [-0.39, 0.29) is 18.3 Å². The molecule has 0 aliphatic carbocycles. The van der Waals surface area contributed by atoms with E-state index in [2.05, 4.69) is 15.2 Å². The third-order valence-corrected chi connectivity index (χ3v) is 4.58. The maximum absolute atomic E-state index is 11.9. The first-order valence-corrected chi connectivity index (χ1v) is 8.90. The van der Waals surface area contributed by atoms with E-state index in [1.807, 2.05) is 19.1 Å². The van der Waals surface area contributed by atoms with Gasteiger partial charge in [0.05, 0.1) is 18.2 Å². The van der Waals surface area contributed by atoms with Gasteiger partial charge in [-0.25, -0.2) is 4.98 Å². The minimum Gasteiger partial charge on any atom is -0.486 e. The van der Waals surface area contributed by atoms with Gasteiger partial charge in [-0.3, -0.25) is 9.89 Å². The number of thioether (sulfide) groups is 1. The van der Waals surface area contributed by atoms with E-state index in [0.717, 1.165) is 5.56 Å². The predicted molar refractivity (Wildman–Crippen MR) is 95.5 cm³/mol. The fraction of sp³-hybridized carbons (Fsp3) is 0.375. The number of carbonyl (C=O) groups is 1. The molecule has 25 heavy (non-hydrogen) atoms. The van der Waals surface area contributed by atoms with Gasteiger partial charge >= 0.3 is 0 Å². The highest BCUT2D eigenvalue weighted by Crippen LogP contribution is 2.21. The largest absolute Gasteiger partial charge is 0.486 e. The van der Waals surface area contributed by atoms with Crippen LogP contribution in [0.3, 0.4) is 0 Å². The lowest BCUT2D eigenvalue weighted by Crippen LogP contribution is -2.29. The number of amides is 1. The number of ether oxygens (including phenoxy) is 1. The molecule has 0 fully saturated rings. The predicted octanol–water partition coefficient (Wildman–Crippen LogP) is 2.81. The molecular formula is C16H18ClN5O2S. The number of aryl methyl sites for hydroxylation is 1. The fourth-order valence-electron chi connectivity index (χ4n) is 1.84. The van der Waals surface area contributed by atoms with Crippen molar-refractivity contribution >= 4 is 29.3 Å². The molecular weight excluding hydrogens is 362 g/mol. The lowest BCUT2D eigenvalue weighted by molar-refractivity contribution is -0.127. The first-order valence-electron chi connectivity index (χ1n) is 7.53. The quantitative estimate of drug-likeness (QED) is 0.708. The Labute approximate surface area is 155 Å². The third-order valence-electron chi connectivity index (χ3n) is 3.33. The Morgan fingerprint density at radius 2 is 2.32 bits per heavy atom. The van der Waals surface area contributed by atoms with Crippen LogP contribution in [0.5, 0.6) is 5.75 Å². The number of nitrogens with one attached hydrogen (secondary N) is 1. The molecule has 1 heterocycles. The molecule has 1 N–H and O–H groups in total. The SMILES string of the molecule is Cc1cc(OCc2nc(SCC(=O)N(C)CCC#N)n[nH]2)ccc1Cl. The molecule has 7 nitrogen and oxygen atoms in total. The zero-order valence-corrected chi connectivity index (χ0v) is 15.5. The van der Waals surface area contributed by atoms with E-state index in [0.29, 0.717) is 34.7 Å². The van der Waals surface area contributed by atoms with Gasteiger partial charge in [-0.15, -0.1) is 5.10 Å². The van der Waals surface area contributed by atoms with Crippen molar-refractivity contribution in [2.45, 2.75) is 25.1 Å². The first kappa shape index (κ1) is 19.1. The zero-order chi connectivity index (χ0) is 18.2. The molecule has 0 aliphatic heterocycles. The van der Waals surface area contributed by atoms with Crippen molar-refractivity contribution in [2.75, 3.05) is 19.3 Å². The van der Waals surface area contributed by atoms with Crippen LogP contribution in [-0.2, 0) is 11.4 Å². The number of nitrogens with zero attached hydrogens (tertiary/aromatic N) is 4. The summed E-state index contributed by atoms with van der Waals surface area (Å²) >= 11 is 7.21. The standard InChI is InChI=1S/C16H18ClN5O2S/c1-11-8-12(4-5-13(11)17)24-9-14-19-16(21-20-14)25-10-15(23)22(2)7-3-6-18/h4-5,8H,3,7,9-10H2,1-2H3,(H,19,20,21). The topological polar surface area (TPSA) is 94.9 Å². The van der Waals surface area contributed by atoms with Crippen LogP contribution in [0.1, 0.15) is 17.8 Å². The molecule has 2 rings (SSSR count). The Morgan fingerprint density at radius 3 is 3.04 bits per heavy atom. The van der Waals surface area contributed by atoms with Crippen LogP contribution in [-0.4, -0.2) is 45.3 Å². The summed E-state index contributed by atoms with van der Waals surface area (Å²) in [5.74, 6) is 1.41. The number of aromatic amines is 1. The Bertz CT molecular complexity index is 774. The van der Waals surface area contributed by atoms with Crippen molar-refractivity contribution in [3.8, 4) is 11.8 Å². The Hall–Kier alpha value is -2.24. The lowest BCUT2D eigenvalue weighted by atomic mass is 10.2. The molecule has 0 radical (unpaired) electrons. The maximum Gasteiger partial charge on any atom is 0.232 e. The van der Waals surface area contributed by atoms with Crippen LogP contribution in [0.15, 0.2) is 23.4 Å². The number of H-pyrrole nitrogens is 1. The zero-order valence-electron chi connectivity index (χ0n) is 14.0. The van der Waals surface area contributed by atoms with Crippen LogP contribution in [0, 0.1) is 18.3 Å². The second-order valence-electron chi connectivity index (χ2n) is 5.28. The molecule has 1 amide bonds. The highest BCUT2D eigenvalue weighted by molar-refractivity contribution is 7.99. The fourth-order valence-corrected chi connectivity index (χ4v) is 2.72. The van der Waals surface area contributed by atoms with Gasteiger partial charge in [0.1, 0.15) is 12.4 Å². The molecule has 0 bridgehead atoms. The summed E-state index contributed by atoms with van der Waals surface area (Å²) in [6.45, 7) is 2.57. The van der Waals surface area contributed by atoms with Crippen molar-refractivity contribution in [1.82, 2.24) is 20.1 Å². The molecule has 0 unspecified atom stereocenters. The van der Waals surface area contributed by atoms with E-state index >= 15 is 0 Å². The van der Waals surface area contributed by atoms with Gasteiger partial charge in [-0.05, 0) is 30.7 Å². The smallest absolute Gasteiger partial charge is 0.232 e. The molecule has 0 saturated heterocycles. The first-order chi connectivity index (χ1) is 12.0. The van der Waals surface area contributed by atoms with Crippen molar-refractivity contribution < 1.29 is 9.53 Å². The van der Waals surface area contributed by atoms with E-state index in [1.54, 1.807) is 19.2 Å². The average molecular weight is 380 g/mol. The molecule has 132 valence electrons. The molecule has 0 spiro atoms. The minimum absolute atomic E-state index is 0.0699. The van der Waals surface area contributed by atoms with E-state index in [4.69, 9.17) is 21.6 Å². The number of benzene rings is 1. The lowest BCUT2D eigenvalue weighted by Gasteiger charge is -2.14. The number of nitriles is 1. The maximum atomic E-state index is 11.9. The second kappa shape index (κ2) is 9.30. The number of aromatic nitrogens is 3. The van der Waals surface area contributed by atoms with Crippen LogP contribution in [0.2, 0.25) is 5.02 Å². The summed E-state index contributed by atoms with van der Waals surface area (Å²) < 4.78 is 5.64. The molecule has 0 saturated carbocycles. The van der Waals surface area contributed by atoms with Gasteiger partial charge in [-0.2, -0.15) is 5.26 Å². The molecule has 9 heteroatoms. The summed E-state index contributed by atoms with van der Waals surface area (Å²) in [5, 5.41) is 16.5. The van der Waals surface area contributed by atoms with Gasteiger partial charge in [0.15, 0.2) is 5.82 Å². The van der Waals surface area contributed by atoms with Crippen LogP contribution in [0.4, 0.5) is 0 Å². The molecule has 2 aromatic rings. The summed E-state index contributed by atoms with van der Waals surface area (Å²) in [4.78, 5) is 17.7. The normalized spacial score (nSPS) is 10.3. The van der Waals surface area contributed by atoms with Gasteiger partial charge in [0, 0.05) is 18.6 Å². The minimum atomic E-state index is -0.0699. The summed E-state index contributed by atoms with van der Waals surface area (Å²) in [7, 11) is 1.67. The Kier molecular flexibility index (Phi) is 7.10. The Morgan fingerprint density at radius 1 is 1.52 bits per heavy atom. The van der Waals surface area contributed by atoms with E-state index in [9.17, 15) is 4.79 Å². The van der Waals surface area contributed by atoms with Gasteiger partial charge in [0.25, 0.3) is 0 Å². The monoisotopic (exact) mass is 379 g/mol. The summed E-state index contributed by atoms with van der Waals surface area (Å²) in [5.41, 5.74) is 0.937. The third kappa shape index (κ3) is 5.96. The highest BCUT2D eigenvalue weighted by atomic mass is 35.5. The number of hydrogen-bond donors (Lipinski definition) is 1. The Balaban J connectivity index is 1.80. The van der Waals surface area contributed by atoms with Crippen molar-refractivity contribution in [3.63, 3.8) is 0 Å². The average Bonchev–Trinajstić information content (AvgIpc) is 3.06. The molecule has 1 aromatic carbocycles. The van der Waals surface area contributed by atoms with Gasteiger partial charge in [-0.1, -0.05) is 23.4 Å². The van der Waals surface area contributed by atoms with Gasteiger partial charge in [0.2, 0.25) is 11.1 Å². The number of hydrogen-bond acceptors (Lipinski definition) is 6. The van der Waals surface area contributed by atoms with Crippen molar-refractivity contribution in [3.05, 3.63) is 34.6 Å². The second-order valence-corrected chi connectivity index (χ2v) is 6.63. The summed E-state index contributed by atoms with van der Waals surface area (Å²) in [6.07, 6.45) is 0.319.